The lowest BCUT2D eigenvalue weighted by Gasteiger charge is -2.32. The number of nitrogens with zero attached hydrogens (tertiary/aromatic N) is 3. The summed E-state index contributed by atoms with van der Waals surface area (Å²) < 4.78 is 50.7. The first-order valence-corrected chi connectivity index (χ1v) is 11.2. The van der Waals surface area contributed by atoms with Gasteiger partial charge < -0.3 is 19.7 Å². The van der Waals surface area contributed by atoms with Crippen molar-refractivity contribution in [2.45, 2.75) is 25.6 Å². The molecule has 0 aliphatic carbocycles. The average molecular weight is 486 g/mol. The molecule has 1 aliphatic rings. The maximum absolute atomic E-state index is 13.2. The van der Waals surface area contributed by atoms with Crippen LogP contribution >= 0.6 is 0 Å². The third-order valence-electron chi connectivity index (χ3n) is 5.84. The lowest BCUT2D eigenvalue weighted by Crippen LogP contribution is -2.41. The Balaban J connectivity index is 1.36. The smallest absolute Gasteiger partial charge is 0.416 e. The molecular weight excluding hydrogens is 461 g/mol. The van der Waals surface area contributed by atoms with Gasteiger partial charge in [-0.25, -0.2) is 9.97 Å². The van der Waals surface area contributed by atoms with Gasteiger partial charge in [0.05, 0.1) is 12.7 Å². The zero-order chi connectivity index (χ0) is 24.8. The maximum Gasteiger partial charge on any atom is 0.416 e. The van der Waals surface area contributed by atoms with Gasteiger partial charge in [-0.2, -0.15) is 13.2 Å². The highest BCUT2D eigenvalue weighted by Crippen LogP contribution is 2.33. The summed E-state index contributed by atoms with van der Waals surface area (Å²) in [5.74, 6) is 1.55. The van der Waals surface area contributed by atoms with Crippen molar-refractivity contribution in [3.63, 3.8) is 0 Å². The molecule has 184 valence electrons. The van der Waals surface area contributed by atoms with Gasteiger partial charge in [-0.15, -0.1) is 0 Å². The molecule has 0 atom stereocenters. The SMILES string of the molecule is COc1cccc(Oc2nccnc2N2CCC(C(=O)NCc3ccccc3C(F)(F)F)CC2)c1. The van der Waals surface area contributed by atoms with E-state index < -0.39 is 11.7 Å². The molecule has 2 aromatic carbocycles. The quantitative estimate of drug-likeness (QED) is 0.516. The number of rotatable bonds is 7. The van der Waals surface area contributed by atoms with Crippen molar-refractivity contribution in [2.24, 2.45) is 5.92 Å². The van der Waals surface area contributed by atoms with Crippen LogP contribution in [0.3, 0.4) is 0 Å². The fraction of sp³-hybridized carbons (Fsp3) is 0.320. The highest BCUT2D eigenvalue weighted by Gasteiger charge is 2.33. The second kappa shape index (κ2) is 10.6. The number of methoxy groups -OCH3 is 1. The Bertz CT molecular complexity index is 1160. The molecule has 1 saturated heterocycles. The Kier molecular flexibility index (Phi) is 7.38. The van der Waals surface area contributed by atoms with E-state index in [1.165, 1.54) is 24.4 Å². The highest BCUT2D eigenvalue weighted by atomic mass is 19.4. The van der Waals surface area contributed by atoms with E-state index in [4.69, 9.17) is 9.47 Å². The summed E-state index contributed by atoms with van der Waals surface area (Å²) >= 11 is 0. The number of carbonyl (C=O) groups is 1. The molecule has 1 N–H and O–H groups in total. The molecule has 1 aliphatic heterocycles. The minimum Gasteiger partial charge on any atom is -0.497 e. The van der Waals surface area contributed by atoms with Gasteiger partial charge in [0.15, 0.2) is 5.82 Å². The molecular formula is C25H25F3N4O3. The normalized spacial score (nSPS) is 14.5. The largest absolute Gasteiger partial charge is 0.497 e. The highest BCUT2D eigenvalue weighted by molar-refractivity contribution is 5.79. The number of benzene rings is 2. The number of ether oxygens (including phenoxy) is 2. The third kappa shape index (κ3) is 6.00. The van der Waals surface area contributed by atoms with E-state index in [0.29, 0.717) is 49.1 Å². The molecule has 0 radical (unpaired) electrons. The van der Waals surface area contributed by atoms with Gasteiger partial charge in [0, 0.05) is 44.0 Å². The number of piperidine rings is 1. The van der Waals surface area contributed by atoms with Gasteiger partial charge in [0.25, 0.3) is 5.88 Å². The molecule has 10 heteroatoms. The van der Waals surface area contributed by atoms with Gasteiger partial charge in [0.1, 0.15) is 11.5 Å². The van der Waals surface area contributed by atoms with Crippen LogP contribution in [0.1, 0.15) is 24.0 Å². The van der Waals surface area contributed by atoms with Crippen LogP contribution in [0.2, 0.25) is 0 Å². The second-order valence-corrected chi connectivity index (χ2v) is 8.10. The summed E-state index contributed by atoms with van der Waals surface area (Å²) in [6.45, 7) is 0.895. The van der Waals surface area contributed by atoms with Gasteiger partial charge in [-0.1, -0.05) is 24.3 Å². The maximum atomic E-state index is 13.2. The van der Waals surface area contributed by atoms with Crippen LogP contribution in [0.4, 0.5) is 19.0 Å². The molecule has 7 nitrogen and oxygen atoms in total. The van der Waals surface area contributed by atoms with Crippen LogP contribution in [-0.2, 0) is 17.5 Å². The van der Waals surface area contributed by atoms with Crippen LogP contribution in [0.25, 0.3) is 0 Å². The standard InChI is InChI=1S/C25H25F3N4O3/c1-34-19-6-4-7-20(15-19)35-24-22(29-11-12-30-24)32-13-9-17(10-14-32)23(33)31-16-18-5-2-3-8-21(18)25(26,27)28/h2-8,11-12,15,17H,9-10,13-14,16H2,1H3,(H,31,33). The van der Waals surface area contributed by atoms with Crippen LogP contribution in [0.5, 0.6) is 17.4 Å². The van der Waals surface area contributed by atoms with Crippen LogP contribution in [0.15, 0.2) is 60.9 Å². The van der Waals surface area contributed by atoms with Crippen LogP contribution < -0.4 is 19.7 Å². The van der Waals surface area contributed by atoms with Crippen molar-refractivity contribution < 1.29 is 27.4 Å². The van der Waals surface area contributed by atoms with Crippen molar-refractivity contribution in [2.75, 3.05) is 25.1 Å². The molecule has 4 rings (SSSR count). The van der Waals surface area contributed by atoms with E-state index in [1.807, 2.05) is 11.0 Å². The number of halogens is 3. The molecule has 1 amide bonds. The minimum absolute atomic E-state index is 0.0460. The van der Waals surface area contributed by atoms with Crippen molar-refractivity contribution in [3.8, 4) is 17.4 Å². The van der Waals surface area contributed by atoms with E-state index in [9.17, 15) is 18.0 Å². The Hall–Kier alpha value is -3.82. The average Bonchev–Trinajstić information content (AvgIpc) is 2.87. The van der Waals surface area contributed by atoms with Gasteiger partial charge in [0.2, 0.25) is 5.91 Å². The number of aromatic nitrogens is 2. The van der Waals surface area contributed by atoms with E-state index in [0.717, 1.165) is 6.07 Å². The predicted molar refractivity (Wildman–Crippen MR) is 123 cm³/mol. The lowest BCUT2D eigenvalue weighted by atomic mass is 9.95. The van der Waals surface area contributed by atoms with Crippen LogP contribution in [-0.4, -0.2) is 36.1 Å². The monoisotopic (exact) mass is 486 g/mol. The van der Waals surface area contributed by atoms with E-state index in [1.54, 1.807) is 31.5 Å². The molecule has 35 heavy (non-hydrogen) atoms. The number of nitrogens with one attached hydrogen (secondary N) is 1. The summed E-state index contributed by atoms with van der Waals surface area (Å²) in [6, 6.07) is 12.4. The molecule has 0 saturated carbocycles. The topological polar surface area (TPSA) is 76.6 Å². The van der Waals surface area contributed by atoms with E-state index in [2.05, 4.69) is 15.3 Å². The summed E-state index contributed by atoms with van der Waals surface area (Å²) in [5, 5.41) is 2.67. The van der Waals surface area contributed by atoms with Gasteiger partial charge in [-0.05, 0) is 36.6 Å². The zero-order valence-corrected chi connectivity index (χ0v) is 19.1. The Labute approximate surface area is 200 Å². The van der Waals surface area contributed by atoms with Crippen molar-refractivity contribution in [1.82, 2.24) is 15.3 Å². The number of carbonyl (C=O) groups excluding carboxylic acids is 1. The predicted octanol–water partition coefficient (Wildman–Crippen LogP) is 4.83. The van der Waals surface area contributed by atoms with E-state index in [-0.39, 0.29) is 23.9 Å². The number of hydrogen-bond acceptors (Lipinski definition) is 6. The number of hydrogen-bond donors (Lipinski definition) is 1. The Morgan fingerprint density at radius 2 is 1.77 bits per heavy atom. The molecule has 0 unspecified atom stereocenters. The fourth-order valence-corrected chi connectivity index (χ4v) is 4.01. The lowest BCUT2D eigenvalue weighted by molar-refractivity contribution is -0.138. The number of amides is 1. The third-order valence-corrected chi connectivity index (χ3v) is 5.84. The van der Waals surface area contributed by atoms with E-state index >= 15 is 0 Å². The first-order valence-electron chi connectivity index (χ1n) is 11.2. The molecule has 2 heterocycles. The fourth-order valence-electron chi connectivity index (χ4n) is 4.01. The van der Waals surface area contributed by atoms with Crippen LogP contribution in [0, 0.1) is 5.92 Å². The summed E-state index contributed by atoms with van der Waals surface area (Å²) in [7, 11) is 1.57. The molecule has 0 spiro atoms. The zero-order valence-electron chi connectivity index (χ0n) is 19.1. The van der Waals surface area contributed by atoms with Crippen molar-refractivity contribution in [3.05, 3.63) is 72.1 Å². The Morgan fingerprint density at radius 1 is 1.06 bits per heavy atom. The second-order valence-electron chi connectivity index (χ2n) is 8.10. The molecule has 1 fully saturated rings. The minimum atomic E-state index is -4.46. The number of alkyl halides is 3. The molecule has 0 bridgehead atoms. The summed E-state index contributed by atoms with van der Waals surface area (Å²) in [6.07, 6.45) is -0.291. The first kappa shape index (κ1) is 24.3. The van der Waals surface area contributed by atoms with Crippen molar-refractivity contribution >= 4 is 11.7 Å². The van der Waals surface area contributed by atoms with Crippen molar-refractivity contribution in [1.29, 1.82) is 0 Å². The molecule has 3 aromatic rings. The first-order chi connectivity index (χ1) is 16.8. The molecule has 1 aromatic heterocycles. The Morgan fingerprint density at radius 3 is 2.51 bits per heavy atom. The van der Waals surface area contributed by atoms with Gasteiger partial charge >= 0.3 is 6.18 Å². The van der Waals surface area contributed by atoms with Gasteiger partial charge in [-0.3, -0.25) is 4.79 Å². The summed E-state index contributed by atoms with van der Waals surface area (Å²) in [4.78, 5) is 23.4. The number of anilines is 1. The summed E-state index contributed by atoms with van der Waals surface area (Å²) in [5.41, 5.74) is -0.689.